The highest BCUT2D eigenvalue weighted by Gasteiger charge is 2.17. The van der Waals surface area contributed by atoms with Crippen LogP contribution in [0.1, 0.15) is 44.1 Å². The van der Waals surface area contributed by atoms with Gasteiger partial charge in [-0.15, -0.1) is 0 Å². The van der Waals surface area contributed by atoms with Gasteiger partial charge in [0.2, 0.25) is 0 Å². The Kier molecular flexibility index (Phi) is 6.81. The van der Waals surface area contributed by atoms with E-state index in [0.717, 1.165) is 31.1 Å². The number of hydrogen-bond acceptors (Lipinski definition) is 3. The standard InChI is InChI=1S/C17H27ClN2O/c1-20(15-8-3-2-4-9-15)12-6-11-19-13-14-7-5-10-16(18)17(14)21/h5,7,10,15,19,21H,2-4,6,8-9,11-13H2,1H3. The zero-order valence-electron chi connectivity index (χ0n) is 12.9. The van der Waals surface area contributed by atoms with Gasteiger partial charge in [-0.25, -0.2) is 0 Å². The summed E-state index contributed by atoms with van der Waals surface area (Å²) in [5.74, 6) is 0.200. The molecule has 21 heavy (non-hydrogen) atoms. The van der Waals surface area contributed by atoms with Gasteiger partial charge in [0.15, 0.2) is 0 Å². The first-order valence-electron chi connectivity index (χ1n) is 8.06. The molecule has 2 N–H and O–H groups in total. The van der Waals surface area contributed by atoms with Gasteiger partial charge in [0, 0.05) is 18.2 Å². The van der Waals surface area contributed by atoms with Crippen LogP contribution in [-0.4, -0.2) is 36.2 Å². The van der Waals surface area contributed by atoms with Crippen LogP contribution in [0.3, 0.4) is 0 Å². The van der Waals surface area contributed by atoms with Crippen molar-refractivity contribution in [1.29, 1.82) is 0 Å². The monoisotopic (exact) mass is 310 g/mol. The molecule has 0 radical (unpaired) electrons. The van der Waals surface area contributed by atoms with Crippen LogP contribution in [0, 0.1) is 0 Å². The molecule has 1 aromatic rings. The summed E-state index contributed by atoms with van der Waals surface area (Å²) in [6, 6.07) is 6.27. The van der Waals surface area contributed by atoms with Crippen LogP contribution < -0.4 is 5.32 Å². The van der Waals surface area contributed by atoms with E-state index in [9.17, 15) is 5.11 Å². The normalized spacial score (nSPS) is 16.5. The fourth-order valence-corrected chi connectivity index (χ4v) is 3.28. The largest absolute Gasteiger partial charge is 0.506 e. The third-order valence-electron chi connectivity index (χ3n) is 4.45. The zero-order chi connectivity index (χ0) is 15.1. The molecule has 0 aliphatic heterocycles. The van der Waals surface area contributed by atoms with E-state index in [1.807, 2.05) is 12.1 Å². The number of nitrogens with one attached hydrogen (secondary N) is 1. The van der Waals surface area contributed by atoms with Crippen molar-refractivity contribution in [2.45, 2.75) is 51.1 Å². The van der Waals surface area contributed by atoms with E-state index in [2.05, 4.69) is 17.3 Å². The van der Waals surface area contributed by atoms with Crippen molar-refractivity contribution in [3.63, 3.8) is 0 Å². The molecule has 2 rings (SSSR count). The summed E-state index contributed by atoms with van der Waals surface area (Å²) in [5.41, 5.74) is 0.864. The van der Waals surface area contributed by atoms with Gasteiger partial charge in [-0.05, 0) is 45.5 Å². The van der Waals surface area contributed by atoms with E-state index >= 15 is 0 Å². The van der Waals surface area contributed by atoms with Crippen molar-refractivity contribution in [2.75, 3.05) is 20.1 Å². The van der Waals surface area contributed by atoms with Crippen molar-refractivity contribution in [1.82, 2.24) is 10.2 Å². The first kappa shape index (κ1) is 16.6. The lowest BCUT2D eigenvalue weighted by atomic mass is 9.94. The molecule has 1 aromatic carbocycles. The SMILES string of the molecule is CN(CCCNCc1cccc(Cl)c1O)C1CCCCC1. The van der Waals surface area contributed by atoms with Crippen LogP contribution in [0.4, 0.5) is 0 Å². The van der Waals surface area contributed by atoms with Crippen molar-refractivity contribution in [2.24, 2.45) is 0 Å². The highest BCUT2D eigenvalue weighted by Crippen LogP contribution is 2.26. The Bertz CT molecular complexity index is 433. The van der Waals surface area contributed by atoms with Gasteiger partial charge in [-0.3, -0.25) is 0 Å². The minimum atomic E-state index is 0.200. The van der Waals surface area contributed by atoms with Crippen molar-refractivity contribution in [3.8, 4) is 5.75 Å². The molecule has 1 fully saturated rings. The summed E-state index contributed by atoms with van der Waals surface area (Å²) >= 11 is 5.90. The first-order valence-corrected chi connectivity index (χ1v) is 8.43. The number of aromatic hydroxyl groups is 1. The van der Waals surface area contributed by atoms with Crippen LogP contribution in [0.5, 0.6) is 5.75 Å². The number of phenols is 1. The molecule has 0 bridgehead atoms. The summed E-state index contributed by atoms with van der Waals surface area (Å²) in [7, 11) is 2.25. The van der Waals surface area contributed by atoms with Crippen LogP contribution in [0.15, 0.2) is 18.2 Å². The van der Waals surface area contributed by atoms with Gasteiger partial charge < -0.3 is 15.3 Å². The van der Waals surface area contributed by atoms with Crippen LogP contribution in [0.25, 0.3) is 0 Å². The van der Waals surface area contributed by atoms with Gasteiger partial charge in [0.05, 0.1) is 5.02 Å². The van der Waals surface area contributed by atoms with E-state index in [-0.39, 0.29) is 5.75 Å². The highest BCUT2D eigenvalue weighted by atomic mass is 35.5. The van der Waals surface area contributed by atoms with Gasteiger partial charge in [-0.2, -0.15) is 0 Å². The molecule has 0 heterocycles. The number of para-hydroxylation sites is 1. The Labute approximate surface area is 133 Å². The predicted octanol–water partition coefficient (Wildman–Crippen LogP) is 3.79. The Hall–Kier alpha value is -0.770. The van der Waals surface area contributed by atoms with Crippen LogP contribution >= 0.6 is 11.6 Å². The summed E-state index contributed by atoms with van der Waals surface area (Å²) in [6.45, 7) is 2.77. The molecule has 0 saturated heterocycles. The molecule has 0 atom stereocenters. The lowest BCUT2D eigenvalue weighted by molar-refractivity contribution is 0.189. The molecule has 1 aliphatic carbocycles. The number of phenolic OH excluding ortho intramolecular Hbond substituents is 1. The third-order valence-corrected chi connectivity index (χ3v) is 4.75. The Morgan fingerprint density at radius 2 is 2.05 bits per heavy atom. The quantitative estimate of drug-likeness (QED) is 0.752. The molecule has 0 aromatic heterocycles. The second-order valence-electron chi connectivity index (χ2n) is 6.05. The zero-order valence-corrected chi connectivity index (χ0v) is 13.7. The van der Waals surface area contributed by atoms with Crippen LogP contribution in [0.2, 0.25) is 5.02 Å². The Balaban J connectivity index is 1.62. The lowest BCUT2D eigenvalue weighted by Crippen LogP contribution is -2.35. The lowest BCUT2D eigenvalue weighted by Gasteiger charge is -2.31. The summed E-state index contributed by atoms with van der Waals surface area (Å²) < 4.78 is 0. The molecule has 0 spiro atoms. The fourth-order valence-electron chi connectivity index (χ4n) is 3.08. The number of halogens is 1. The smallest absolute Gasteiger partial charge is 0.138 e. The molecular formula is C17H27ClN2O. The maximum atomic E-state index is 9.83. The predicted molar refractivity (Wildman–Crippen MR) is 88.9 cm³/mol. The number of hydrogen-bond donors (Lipinski definition) is 2. The van der Waals surface area contributed by atoms with Gasteiger partial charge in [-0.1, -0.05) is 43.0 Å². The number of rotatable bonds is 7. The summed E-state index contributed by atoms with van der Waals surface area (Å²) in [5, 5.41) is 13.6. The second-order valence-corrected chi connectivity index (χ2v) is 6.46. The topological polar surface area (TPSA) is 35.5 Å². The molecule has 4 heteroatoms. The van der Waals surface area contributed by atoms with E-state index < -0.39 is 0 Å². The molecule has 1 aliphatic rings. The maximum absolute atomic E-state index is 9.83. The average Bonchev–Trinajstić information content (AvgIpc) is 2.51. The number of benzene rings is 1. The van der Waals surface area contributed by atoms with E-state index in [1.165, 1.54) is 32.1 Å². The molecule has 0 unspecified atom stereocenters. The highest BCUT2D eigenvalue weighted by molar-refractivity contribution is 6.32. The molecule has 1 saturated carbocycles. The van der Waals surface area contributed by atoms with Crippen molar-refractivity contribution >= 4 is 11.6 Å². The molecule has 118 valence electrons. The minimum Gasteiger partial charge on any atom is -0.506 e. The average molecular weight is 311 g/mol. The van der Waals surface area contributed by atoms with E-state index in [0.29, 0.717) is 11.6 Å². The Morgan fingerprint density at radius 3 is 2.81 bits per heavy atom. The van der Waals surface area contributed by atoms with Crippen molar-refractivity contribution in [3.05, 3.63) is 28.8 Å². The summed E-state index contributed by atoms with van der Waals surface area (Å²) in [4.78, 5) is 2.51. The van der Waals surface area contributed by atoms with Gasteiger partial charge in [0.25, 0.3) is 0 Å². The van der Waals surface area contributed by atoms with E-state index in [1.54, 1.807) is 6.07 Å². The van der Waals surface area contributed by atoms with Crippen LogP contribution in [-0.2, 0) is 6.54 Å². The van der Waals surface area contributed by atoms with Gasteiger partial charge >= 0.3 is 0 Å². The maximum Gasteiger partial charge on any atom is 0.138 e. The fraction of sp³-hybridized carbons (Fsp3) is 0.647. The van der Waals surface area contributed by atoms with Gasteiger partial charge in [0.1, 0.15) is 5.75 Å². The van der Waals surface area contributed by atoms with E-state index in [4.69, 9.17) is 11.6 Å². The third kappa shape index (κ3) is 5.17. The second kappa shape index (κ2) is 8.62. The molecule has 3 nitrogen and oxygen atoms in total. The first-order chi connectivity index (χ1) is 10.2. The van der Waals surface area contributed by atoms with Crippen molar-refractivity contribution < 1.29 is 5.11 Å². The summed E-state index contributed by atoms with van der Waals surface area (Å²) in [6.07, 6.45) is 8.05. The Morgan fingerprint density at radius 1 is 1.29 bits per heavy atom. The molecular weight excluding hydrogens is 284 g/mol. The minimum absolute atomic E-state index is 0.200. The molecule has 0 amide bonds. The number of nitrogens with zero attached hydrogens (tertiary/aromatic N) is 1.